The molecule has 0 aliphatic rings. The van der Waals surface area contributed by atoms with Crippen LogP contribution in [-0.4, -0.2) is 21.8 Å². The van der Waals surface area contributed by atoms with Gasteiger partial charge in [0.2, 0.25) is 5.78 Å². The Kier molecular flexibility index (Phi) is 4.89. The van der Waals surface area contributed by atoms with Crippen LogP contribution in [0.2, 0.25) is 5.02 Å². The van der Waals surface area contributed by atoms with E-state index in [0.717, 1.165) is 17.4 Å². The second kappa shape index (κ2) is 7.38. The molecule has 2 aromatic carbocycles. The summed E-state index contributed by atoms with van der Waals surface area (Å²) in [6.07, 6.45) is -0.317. The number of carboxylic acid groups (broad SMARTS) is 1. The Morgan fingerprint density at radius 1 is 1.14 bits per heavy atom. The molecule has 29 heavy (non-hydrogen) atoms. The summed E-state index contributed by atoms with van der Waals surface area (Å²) in [5.41, 5.74) is 0.563. The van der Waals surface area contributed by atoms with E-state index in [1.807, 2.05) is 0 Å². The number of Topliss-reactive ketones (excluding diaryl/α,β-unsaturated/α-hetero) is 1. The largest absolute Gasteiger partial charge is 0.478 e. The molecule has 1 N–H and O–H groups in total. The van der Waals surface area contributed by atoms with Crippen molar-refractivity contribution in [1.29, 1.82) is 0 Å². The number of aromatic nitrogens is 1. The van der Waals surface area contributed by atoms with Gasteiger partial charge in [-0.1, -0.05) is 23.7 Å². The number of rotatable bonds is 5. The van der Waals surface area contributed by atoms with E-state index in [1.54, 1.807) is 24.3 Å². The molecule has 0 radical (unpaired) electrons. The summed E-state index contributed by atoms with van der Waals surface area (Å²) in [4.78, 5) is 28.5. The maximum Gasteiger partial charge on any atom is 0.337 e. The van der Waals surface area contributed by atoms with Crippen molar-refractivity contribution in [2.75, 3.05) is 0 Å². The van der Waals surface area contributed by atoms with Gasteiger partial charge in [-0.05, 0) is 35.2 Å². The number of carbonyl (C=O) groups excluding carboxylic acids is 1. The van der Waals surface area contributed by atoms with Crippen LogP contribution in [-0.2, 0) is 6.42 Å². The molecule has 0 bridgehead atoms. The van der Waals surface area contributed by atoms with Crippen molar-refractivity contribution in [3.05, 3.63) is 75.5 Å². The molecule has 4 rings (SSSR count). The van der Waals surface area contributed by atoms with Crippen LogP contribution < -0.4 is 0 Å². The normalized spacial score (nSPS) is 11.1. The molecule has 0 unspecified atom stereocenters. The third-order valence-electron chi connectivity index (χ3n) is 4.24. The molecule has 4 aromatic rings. The van der Waals surface area contributed by atoms with Crippen LogP contribution in [0.5, 0.6) is 0 Å². The molecule has 0 aliphatic carbocycles. The molecule has 2 aromatic heterocycles. The predicted molar refractivity (Wildman–Crippen MR) is 104 cm³/mol. The van der Waals surface area contributed by atoms with Crippen LogP contribution in [0.3, 0.4) is 0 Å². The summed E-state index contributed by atoms with van der Waals surface area (Å²) < 4.78 is 33.5. The quantitative estimate of drug-likeness (QED) is 0.327. The molecule has 0 atom stereocenters. The van der Waals surface area contributed by atoms with Gasteiger partial charge in [0, 0.05) is 12.0 Å². The third-order valence-corrected chi connectivity index (χ3v) is 5.60. The maximum absolute atomic E-state index is 14.3. The molecule has 0 spiro atoms. The van der Waals surface area contributed by atoms with E-state index in [0.29, 0.717) is 11.1 Å². The number of aromatic carboxylic acids is 1. The lowest BCUT2D eigenvalue weighted by atomic mass is 10.0. The van der Waals surface area contributed by atoms with Gasteiger partial charge in [-0.15, -0.1) is 11.3 Å². The Bertz CT molecular complexity index is 1250. The van der Waals surface area contributed by atoms with Gasteiger partial charge in [-0.25, -0.2) is 18.6 Å². The Labute approximate surface area is 171 Å². The van der Waals surface area contributed by atoms with Gasteiger partial charge >= 0.3 is 5.97 Å². The predicted octanol–water partition coefficient (Wildman–Crippen LogP) is 5.61. The fraction of sp³-hybridized carbons (Fsp3) is 0.0500. The Morgan fingerprint density at radius 2 is 1.90 bits per heavy atom. The summed E-state index contributed by atoms with van der Waals surface area (Å²) in [6.45, 7) is 0. The maximum atomic E-state index is 14.3. The summed E-state index contributed by atoms with van der Waals surface area (Å²) in [7, 11) is 0. The highest BCUT2D eigenvalue weighted by Crippen LogP contribution is 2.37. The van der Waals surface area contributed by atoms with E-state index in [4.69, 9.17) is 16.0 Å². The van der Waals surface area contributed by atoms with Crippen molar-refractivity contribution in [3.8, 4) is 10.4 Å². The molecule has 2 heterocycles. The number of para-hydroxylation sites is 2. The fourth-order valence-corrected chi connectivity index (χ4v) is 4.13. The highest BCUT2D eigenvalue weighted by molar-refractivity contribution is 7.14. The standard InChI is InChI=1S/C20H10ClF2NO4S/c21-11-6-5-10(16(22)17(11)23)18-15(20(26)27)9(8-29-18)7-13(25)19-24-12-3-1-2-4-14(12)28-19/h1-6,8H,7H2,(H,26,27). The van der Waals surface area contributed by atoms with Gasteiger partial charge in [-0.3, -0.25) is 4.79 Å². The molecule has 5 nitrogen and oxygen atoms in total. The van der Waals surface area contributed by atoms with Crippen molar-refractivity contribution >= 4 is 45.8 Å². The number of benzene rings is 2. The third kappa shape index (κ3) is 3.41. The molecule has 0 amide bonds. The molecule has 0 saturated heterocycles. The molecule has 0 aliphatic heterocycles. The first-order chi connectivity index (χ1) is 13.9. The molecular weight excluding hydrogens is 424 g/mol. The van der Waals surface area contributed by atoms with Crippen LogP contribution in [0.1, 0.15) is 26.6 Å². The van der Waals surface area contributed by atoms with Crippen LogP contribution >= 0.6 is 22.9 Å². The van der Waals surface area contributed by atoms with Crippen LogP contribution in [0.4, 0.5) is 8.78 Å². The van der Waals surface area contributed by atoms with Crippen LogP contribution in [0.15, 0.2) is 46.2 Å². The highest BCUT2D eigenvalue weighted by atomic mass is 35.5. The zero-order valence-corrected chi connectivity index (χ0v) is 16.0. The van der Waals surface area contributed by atoms with E-state index >= 15 is 0 Å². The Hall–Kier alpha value is -3.10. The van der Waals surface area contributed by atoms with Gasteiger partial charge < -0.3 is 9.52 Å². The first-order valence-corrected chi connectivity index (χ1v) is 9.49. The zero-order chi connectivity index (χ0) is 20.7. The monoisotopic (exact) mass is 433 g/mol. The second-order valence-electron chi connectivity index (χ2n) is 6.08. The van der Waals surface area contributed by atoms with Gasteiger partial charge in [0.25, 0.3) is 5.89 Å². The molecule has 9 heteroatoms. The number of hydrogen-bond acceptors (Lipinski definition) is 5. The SMILES string of the molecule is O=C(Cc1csc(-c2ccc(Cl)c(F)c2F)c1C(=O)O)c1nc2ccccc2o1. The lowest BCUT2D eigenvalue weighted by Gasteiger charge is -2.06. The number of carboxylic acids is 1. The number of hydrogen-bond donors (Lipinski definition) is 1. The smallest absolute Gasteiger partial charge is 0.337 e. The number of oxazole rings is 1. The Balaban J connectivity index is 1.73. The summed E-state index contributed by atoms with van der Waals surface area (Å²) in [5.74, 6) is -4.57. The highest BCUT2D eigenvalue weighted by Gasteiger charge is 2.26. The fourth-order valence-electron chi connectivity index (χ4n) is 2.90. The van der Waals surface area contributed by atoms with Crippen molar-refractivity contribution in [3.63, 3.8) is 0 Å². The van der Waals surface area contributed by atoms with Gasteiger partial charge in [0.1, 0.15) is 5.52 Å². The van der Waals surface area contributed by atoms with Crippen molar-refractivity contribution in [2.24, 2.45) is 0 Å². The summed E-state index contributed by atoms with van der Waals surface area (Å²) >= 11 is 6.46. The lowest BCUT2D eigenvalue weighted by molar-refractivity contribution is 0.0697. The van der Waals surface area contributed by atoms with E-state index in [2.05, 4.69) is 4.98 Å². The average molecular weight is 434 g/mol. The zero-order valence-electron chi connectivity index (χ0n) is 14.4. The van der Waals surface area contributed by atoms with Gasteiger partial charge in [-0.2, -0.15) is 0 Å². The van der Waals surface area contributed by atoms with Crippen molar-refractivity contribution in [2.45, 2.75) is 6.42 Å². The summed E-state index contributed by atoms with van der Waals surface area (Å²) in [5, 5.41) is 10.6. The van der Waals surface area contributed by atoms with Crippen LogP contribution in [0.25, 0.3) is 21.5 Å². The number of carbonyl (C=O) groups is 2. The average Bonchev–Trinajstić information content (AvgIpc) is 3.30. The lowest BCUT2D eigenvalue weighted by Crippen LogP contribution is -2.08. The second-order valence-corrected chi connectivity index (χ2v) is 7.37. The number of nitrogens with zero attached hydrogens (tertiary/aromatic N) is 1. The van der Waals surface area contributed by atoms with E-state index in [-0.39, 0.29) is 33.9 Å². The van der Waals surface area contributed by atoms with Crippen molar-refractivity contribution < 1.29 is 27.9 Å². The number of fused-ring (bicyclic) bond motifs is 1. The first kappa shape index (κ1) is 19.2. The summed E-state index contributed by atoms with van der Waals surface area (Å²) in [6, 6.07) is 9.15. The van der Waals surface area contributed by atoms with E-state index in [9.17, 15) is 23.5 Å². The van der Waals surface area contributed by atoms with E-state index < -0.39 is 28.4 Å². The first-order valence-electron chi connectivity index (χ1n) is 8.23. The van der Waals surface area contributed by atoms with Gasteiger partial charge in [0.15, 0.2) is 17.2 Å². The number of thiophene rings is 1. The number of ketones is 1. The minimum atomic E-state index is -1.36. The minimum Gasteiger partial charge on any atom is -0.478 e. The Morgan fingerprint density at radius 3 is 2.62 bits per heavy atom. The minimum absolute atomic E-state index is 0.00840. The molecule has 146 valence electrons. The number of halogens is 3. The van der Waals surface area contributed by atoms with Crippen molar-refractivity contribution in [1.82, 2.24) is 4.98 Å². The molecule has 0 saturated carbocycles. The van der Waals surface area contributed by atoms with Gasteiger partial charge in [0.05, 0.1) is 15.5 Å². The molecule has 0 fully saturated rings. The topological polar surface area (TPSA) is 80.4 Å². The van der Waals surface area contributed by atoms with E-state index in [1.165, 1.54) is 11.4 Å². The van der Waals surface area contributed by atoms with Crippen LogP contribution in [0, 0.1) is 11.6 Å². The molecular formula is C20H10ClF2NO4S.